The largest absolute Gasteiger partial charge is 0.383 e. The van der Waals surface area contributed by atoms with E-state index in [0.29, 0.717) is 18.2 Å². The van der Waals surface area contributed by atoms with Crippen LogP contribution in [0.1, 0.15) is 27.8 Å². The quantitative estimate of drug-likeness (QED) is 0.195. The van der Waals surface area contributed by atoms with Crippen LogP contribution in [0.15, 0.2) is 150 Å². The summed E-state index contributed by atoms with van der Waals surface area (Å²) in [6.45, 7) is 4.64. The van der Waals surface area contributed by atoms with Crippen molar-refractivity contribution in [2.45, 2.75) is 20.4 Å². The molecular weight excluding hydrogens is 462 g/mol. The summed E-state index contributed by atoms with van der Waals surface area (Å²) in [5.41, 5.74) is 14.0. The van der Waals surface area contributed by atoms with Gasteiger partial charge in [-0.2, -0.15) is 0 Å². The topological polar surface area (TPSA) is 50.7 Å². The molecule has 0 aliphatic rings. The molecule has 0 saturated carbocycles. The number of nitrogens with zero attached hydrogens (tertiary/aromatic N) is 2. The number of aliphatic imine (C=N–C) groups is 2. The lowest BCUT2D eigenvalue weighted by molar-refractivity contribution is 1.06. The van der Waals surface area contributed by atoms with Gasteiger partial charge in [-0.15, -0.1) is 0 Å². The molecule has 0 heterocycles. The van der Waals surface area contributed by atoms with Crippen LogP contribution in [0.3, 0.4) is 0 Å². The van der Waals surface area contributed by atoms with Crippen molar-refractivity contribution in [1.29, 1.82) is 0 Å². The molecule has 0 saturated heterocycles. The van der Waals surface area contributed by atoms with Crippen LogP contribution >= 0.6 is 0 Å². The summed E-state index contributed by atoms with van der Waals surface area (Å²) in [5.74, 6) is 1.10. The molecule has 38 heavy (non-hydrogen) atoms. The van der Waals surface area contributed by atoms with Crippen LogP contribution in [0.2, 0.25) is 0 Å². The van der Waals surface area contributed by atoms with Gasteiger partial charge in [0.1, 0.15) is 5.84 Å². The molecular formula is C35H33N3. The summed E-state index contributed by atoms with van der Waals surface area (Å²) >= 11 is 0. The van der Waals surface area contributed by atoms with Crippen molar-refractivity contribution in [2.24, 2.45) is 15.7 Å². The molecule has 0 amide bonds. The molecule has 2 N–H and O–H groups in total. The minimum absolute atomic E-state index is 0.465. The lowest BCUT2D eigenvalue weighted by Crippen LogP contribution is -2.16. The molecule has 0 aliphatic heterocycles. The third kappa shape index (κ3) is 7.87. The van der Waals surface area contributed by atoms with Gasteiger partial charge in [-0.3, -0.25) is 4.99 Å². The van der Waals surface area contributed by atoms with E-state index < -0.39 is 0 Å². The smallest absolute Gasteiger partial charge is 0.157 e. The van der Waals surface area contributed by atoms with Crippen molar-refractivity contribution in [3.05, 3.63) is 167 Å². The molecule has 5 rings (SSSR count). The standard InChI is InChI=1S/C29H27N3.C6H6/c1-21-9-6-15-26(17-21)28(30)32-29(27-16-7-10-22(2)18-27)31-20-23-11-8-14-25(19-23)24-12-4-3-5-13-24;1-2-4-6-5-3-1/h3-19H,20H2,1-2H3,(H2,30,31,32);1-6H. The van der Waals surface area contributed by atoms with Crippen LogP contribution in [-0.2, 0) is 6.54 Å². The molecule has 0 atom stereocenters. The van der Waals surface area contributed by atoms with E-state index in [1.807, 2.05) is 85.8 Å². The Morgan fingerprint density at radius 1 is 0.553 bits per heavy atom. The average molecular weight is 496 g/mol. The highest BCUT2D eigenvalue weighted by Gasteiger charge is 2.07. The second kappa shape index (κ2) is 13.5. The highest BCUT2D eigenvalue weighted by molar-refractivity contribution is 6.11. The van der Waals surface area contributed by atoms with Crippen molar-refractivity contribution in [2.75, 3.05) is 0 Å². The molecule has 0 fully saturated rings. The fourth-order valence-corrected chi connectivity index (χ4v) is 3.99. The Kier molecular flexibility index (Phi) is 9.36. The van der Waals surface area contributed by atoms with Gasteiger partial charge in [-0.25, -0.2) is 4.99 Å². The molecule has 0 aliphatic carbocycles. The zero-order chi connectivity index (χ0) is 26.6. The molecule has 0 bridgehead atoms. The van der Waals surface area contributed by atoms with Crippen LogP contribution in [-0.4, -0.2) is 11.7 Å². The maximum absolute atomic E-state index is 6.38. The van der Waals surface area contributed by atoms with E-state index in [9.17, 15) is 0 Å². The fraction of sp³-hybridized carbons (Fsp3) is 0.0857. The van der Waals surface area contributed by atoms with Crippen LogP contribution in [0.5, 0.6) is 0 Å². The number of nitrogens with two attached hydrogens (primary N) is 1. The molecule has 188 valence electrons. The molecule has 0 spiro atoms. The summed E-state index contributed by atoms with van der Waals surface area (Å²) in [7, 11) is 0. The van der Waals surface area contributed by atoms with Crippen LogP contribution in [0.4, 0.5) is 0 Å². The van der Waals surface area contributed by atoms with Crippen molar-refractivity contribution in [3.63, 3.8) is 0 Å². The average Bonchev–Trinajstić information content (AvgIpc) is 2.97. The maximum Gasteiger partial charge on any atom is 0.157 e. The predicted octanol–water partition coefficient (Wildman–Crippen LogP) is 8.01. The van der Waals surface area contributed by atoms with Gasteiger partial charge in [0, 0.05) is 11.1 Å². The second-order valence-corrected chi connectivity index (χ2v) is 9.10. The summed E-state index contributed by atoms with van der Waals surface area (Å²) in [6, 6.07) is 47.1. The minimum Gasteiger partial charge on any atom is -0.383 e. The molecule has 3 nitrogen and oxygen atoms in total. The maximum atomic E-state index is 6.38. The SMILES string of the molecule is Cc1cccc(C(N)=NC(=NCc2cccc(-c3ccccc3)c2)c2cccc(C)c2)c1.c1ccccc1. The summed E-state index contributed by atoms with van der Waals surface area (Å²) in [5, 5.41) is 0. The highest BCUT2D eigenvalue weighted by atomic mass is 15.0. The van der Waals surface area contributed by atoms with E-state index >= 15 is 0 Å². The Balaban J connectivity index is 0.000000494. The Labute approximate surface area is 226 Å². The van der Waals surface area contributed by atoms with E-state index in [-0.39, 0.29) is 0 Å². The van der Waals surface area contributed by atoms with Crippen LogP contribution in [0.25, 0.3) is 11.1 Å². The van der Waals surface area contributed by atoms with Crippen molar-refractivity contribution in [1.82, 2.24) is 0 Å². The van der Waals surface area contributed by atoms with Crippen molar-refractivity contribution >= 4 is 11.7 Å². The molecule has 5 aromatic carbocycles. The van der Waals surface area contributed by atoms with Gasteiger partial charge < -0.3 is 5.73 Å². The van der Waals surface area contributed by atoms with Gasteiger partial charge >= 0.3 is 0 Å². The number of hydrogen-bond donors (Lipinski definition) is 1. The Hall–Kier alpha value is -4.76. The van der Waals surface area contributed by atoms with Crippen molar-refractivity contribution in [3.8, 4) is 11.1 Å². The number of hydrogen-bond acceptors (Lipinski definition) is 1. The van der Waals surface area contributed by atoms with Gasteiger partial charge in [0.05, 0.1) is 6.54 Å². The van der Waals surface area contributed by atoms with Gasteiger partial charge in [0.15, 0.2) is 5.84 Å². The summed E-state index contributed by atoms with van der Waals surface area (Å²) < 4.78 is 0. The van der Waals surface area contributed by atoms with E-state index in [2.05, 4.69) is 67.6 Å². The van der Waals surface area contributed by atoms with Gasteiger partial charge in [0.25, 0.3) is 0 Å². The third-order valence-corrected chi connectivity index (χ3v) is 5.93. The number of rotatable bonds is 5. The highest BCUT2D eigenvalue weighted by Crippen LogP contribution is 2.20. The monoisotopic (exact) mass is 495 g/mol. The normalized spacial score (nSPS) is 11.4. The molecule has 3 heteroatoms. The Bertz CT molecular complexity index is 1480. The zero-order valence-electron chi connectivity index (χ0n) is 22.0. The summed E-state index contributed by atoms with van der Waals surface area (Å²) in [6.07, 6.45) is 0. The first-order valence-electron chi connectivity index (χ1n) is 12.8. The van der Waals surface area contributed by atoms with Crippen molar-refractivity contribution < 1.29 is 0 Å². The van der Waals surface area contributed by atoms with E-state index in [0.717, 1.165) is 27.8 Å². The first-order valence-corrected chi connectivity index (χ1v) is 12.8. The van der Waals surface area contributed by atoms with Gasteiger partial charge in [-0.1, -0.05) is 132 Å². The van der Waals surface area contributed by atoms with E-state index in [4.69, 9.17) is 15.7 Å². The number of aryl methyl sites for hydroxylation is 2. The lowest BCUT2D eigenvalue weighted by Gasteiger charge is -2.08. The first-order chi connectivity index (χ1) is 18.6. The summed E-state index contributed by atoms with van der Waals surface area (Å²) in [4.78, 5) is 9.62. The van der Waals surface area contributed by atoms with E-state index in [1.54, 1.807) is 0 Å². The zero-order valence-corrected chi connectivity index (χ0v) is 22.0. The molecule has 0 aromatic heterocycles. The third-order valence-electron chi connectivity index (χ3n) is 5.93. The molecule has 0 unspecified atom stereocenters. The van der Waals surface area contributed by atoms with Gasteiger partial charge in [-0.05, 0) is 48.7 Å². The lowest BCUT2D eigenvalue weighted by atomic mass is 10.0. The van der Waals surface area contributed by atoms with E-state index in [1.165, 1.54) is 11.1 Å². The number of amidine groups is 2. The Morgan fingerprint density at radius 3 is 1.71 bits per heavy atom. The molecule has 0 radical (unpaired) electrons. The van der Waals surface area contributed by atoms with Gasteiger partial charge in [0.2, 0.25) is 0 Å². The first kappa shape index (κ1) is 26.3. The minimum atomic E-state index is 0.465. The Morgan fingerprint density at radius 2 is 1.08 bits per heavy atom. The molecule has 5 aromatic rings. The van der Waals surface area contributed by atoms with Crippen LogP contribution in [0, 0.1) is 13.8 Å². The van der Waals surface area contributed by atoms with Crippen LogP contribution < -0.4 is 5.73 Å². The number of benzene rings is 5. The predicted molar refractivity (Wildman–Crippen MR) is 162 cm³/mol. The fourth-order valence-electron chi connectivity index (χ4n) is 3.99. The second-order valence-electron chi connectivity index (χ2n) is 9.10.